The fraction of sp³-hybridized carbons (Fsp3) is 0.176. The fourth-order valence-corrected chi connectivity index (χ4v) is 2.33. The quantitative estimate of drug-likeness (QED) is 0.875. The standard InChI is InChI=1S/C17H16ClNO4/c1-10-8-12(18)6-7-15(10)23-9-16(20)19-14-5-3-4-13(11(14)2)17(21)22/h3-8H,9H2,1-2H3,(H,19,20)(H,21,22). The van der Waals surface area contributed by atoms with Crippen molar-refractivity contribution >= 4 is 29.2 Å². The van der Waals surface area contributed by atoms with E-state index in [1.54, 1.807) is 37.3 Å². The van der Waals surface area contributed by atoms with E-state index in [2.05, 4.69) is 5.32 Å². The third kappa shape index (κ3) is 4.23. The molecule has 0 radical (unpaired) electrons. The summed E-state index contributed by atoms with van der Waals surface area (Å²) in [6, 6.07) is 9.84. The molecule has 0 fully saturated rings. The summed E-state index contributed by atoms with van der Waals surface area (Å²) >= 11 is 5.86. The third-order valence-corrected chi connectivity index (χ3v) is 3.57. The Bertz CT molecular complexity index is 758. The maximum absolute atomic E-state index is 12.0. The lowest BCUT2D eigenvalue weighted by atomic mass is 10.1. The van der Waals surface area contributed by atoms with Crippen LogP contribution in [0.4, 0.5) is 5.69 Å². The molecule has 0 saturated carbocycles. The Kier molecular flexibility index (Phi) is 5.24. The average Bonchev–Trinajstić information content (AvgIpc) is 2.48. The van der Waals surface area contributed by atoms with Crippen molar-refractivity contribution in [2.45, 2.75) is 13.8 Å². The summed E-state index contributed by atoms with van der Waals surface area (Å²) in [5, 5.41) is 12.3. The highest BCUT2D eigenvalue weighted by Gasteiger charge is 2.12. The maximum atomic E-state index is 12.0. The number of anilines is 1. The summed E-state index contributed by atoms with van der Waals surface area (Å²) in [6.45, 7) is 3.29. The number of hydrogen-bond acceptors (Lipinski definition) is 3. The summed E-state index contributed by atoms with van der Waals surface area (Å²) in [7, 11) is 0. The van der Waals surface area contributed by atoms with E-state index in [1.807, 2.05) is 6.92 Å². The minimum Gasteiger partial charge on any atom is -0.483 e. The second-order valence-corrected chi connectivity index (χ2v) is 5.47. The first-order chi connectivity index (χ1) is 10.9. The summed E-state index contributed by atoms with van der Waals surface area (Å²) in [5.74, 6) is -0.836. The molecule has 6 heteroatoms. The topological polar surface area (TPSA) is 75.6 Å². The summed E-state index contributed by atoms with van der Waals surface area (Å²) < 4.78 is 5.46. The number of carbonyl (C=O) groups is 2. The Balaban J connectivity index is 2.03. The summed E-state index contributed by atoms with van der Waals surface area (Å²) in [6.07, 6.45) is 0. The fourth-order valence-electron chi connectivity index (χ4n) is 2.11. The van der Waals surface area contributed by atoms with Crippen LogP contribution in [0.2, 0.25) is 5.02 Å². The molecule has 2 N–H and O–H groups in total. The van der Waals surface area contributed by atoms with Gasteiger partial charge in [0.25, 0.3) is 5.91 Å². The Morgan fingerprint density at radius 1 is 1.22 bits per heavy atom. The predicted octanol–water partition coefficient (Wildman–Crippen LogP) is 3.67. The number of amides is 1. The van der Waals surface area contributed by atoms with Crippen LogP contribution in [-0.2, 0) is 4.79 Å². The number of halogens is 1. The van der Waals surface area contributed by atoms with Crippen LogP contribution in [0.3, 0.4) is 0 Å². The molecular weight excluding hydrogens is 318 g/mol. The molecule has 0 aromatic heterocycles. The lowest BCUT2D eigenvalue weighted by molar-refractivity contribution is -0.118. The van der Waals surface area contributed by atoms with Crippen LogP contribution >= 0.6 is 11.6 Å². The molecule has 5 nitrogen and oxygen atoms in total. The van der Waals surface area contributed by atoms with Crippen LogP contribution in [0.5, 0.6) is 5.75 Å². The molecule has 120 valence electrons. The van der Waals surface area contributed by atoms with Gasteiger partial charge in [-0.2, -0.15) is 0 Å². The second kappa shape index (κ2) is 7.15. The van der Waals surface area contributed by atoms with Gasteiger partial charge in [-0.15, -0.1) is 0 Å². The molecule has 1 amide bonds. The largest absolute Gasteiger partial charge is 0.483 e. The van der Waals surface area contributed by atoms with Gasteiger partial charge in [0.15, 0.2) is 6.61 Å². The van der Waals surface area contributed by atoms with E-state index >= 15 is 0 Å². The Morgan fingerprint density at radius 3 is 2.61 bits per heavy atom. The van der Waals surface area contributed by atoms with Crippen molar-refractivity contribution < 1.29 is 19.4 Å². The molecule has 0 saturated heterocycles. The van der Waals surface area contributed by atoms with Crippen LogP contribution in [-0.4, -0.2) is 23.6 Å². The third-order valence-electron chi connectivity index (χ3n) is 3.33. The monoisotopic (exact) mass is 333 g/mol. The molecule has 2 rings (SSSR count). The molecule has 2 aromatic rings. The Labute approximate surface area is 138 Å². The normalized spacial score (nSPS) is 10.2. The lowest BCUT2D eigenvalue weighted by Gasteiger charge is -2.12. The first kappa shape index (κ1) is 16.8. The number of carboxylic acids is 1. The van der Waals surface area contributed by atoms with Crippen LogP contribution in [0, 0.1) is 13.8 Å². The summed E-state index contributed by atoms with van der Waals surface area (Å²) in [4.78, 5) is 23.1. The average molecular weight is 334 g/mol. The van der Waals surface area contributed by atoms with E-state index in [0.29, 0.717) is 22.0 Å². The molecule has 0 heterocycles. The highest BCUT2D eigenvalue weighted by atomic mass is 35.5. The van der Waals surface area contributed by atoms with Crippen molar-refractivity contribution in [2.75, 3.05) is 11.9 Å². The maximum Gasteiger partial charge on any atom is 0.336 e. The van der Waals surface area contributed by atoms with Gasteiger partial charge in [0, 0.05) is 10.7 Å². The van der Waals surface area contributed by atoms with Crippen molar-refractivity contribution in [3.63, 3.8) is 0 Å². The van der Waals surface area contributed by atoms with Crippen LogP contribution in [0.15, 0.2) is 36.4 Å². The SMILES string of the molecule is Cc1cc(Cl)ccc1OCC(=O)Nc1cccc(C(=O)O)c1C. The van der Waals surface area contributed by atoms with Crippen molar-refractivity contribution in [1.29, 1.82) is 0 Å². The van der Waals surface area contributed by atoms with E-state index < -0.39 is 5.97 Å². The minimum atomic E-state index is -1.04. The Hall–Kier alpha value is -2.53. The number of hydrogen-bond donors (Lipinski definition) is 2. The number of carboxylic acid groups (broad SMARTS) is 1. The molecule has 0 aliphatic heterocycles. The number of ether oxygens (including phenoxy) is 1. The molecule has 0 spiro atoms. The van der Waals surface area contributed by atoms with Gasteiger partial charge in [0.2, 0.25) is 0 Å². The van der Waals surface area contributed by atoms with E-state index in [-0.39, 0.29) is 18.1 Å². The smallest absolute Gasteiger partial charge is 0.336 e. The van der Waals surface area contributed by atoms with Crippen LogP contribution < -0.4 is 10.1 Å². The van der Waals surface area contributed by atoms with Crippen LogP contribution in [0.25, 0.3) is 0 Å². The first-order valence-corrected chi connectivity index (χ1v) is 7.28. The first-order valence-electron chi connectivity index (χ1n) is 6.90. The van der Waals surface area contributed by atoms with Gasteiger partial charge < -0.3 is 15.2 Å². The van der Waals surface area contributed by atoms with E-state index in [1.165, 1.54) is 6.07 Å². The summed E-state index contributed by atoms with van der Waals surface area (Å²) in [5.41, 5.74) is 1.92. The number of nitrogens with one attached hydrogen (secondary N) is 1. The molecule has 0 aliphatic carbocycles. The van der Waals surface area contributed by atoms with Gasteiger partial charge >= 0.3 is 5.97 Å². The molecule has 0 aliphatic rings. The molecule has 0 bridgehead atoms. The van der Waals surface area contributed by atoms with Gasteiger partial charge in [0.05, 0.1) is 5.56 Å². The Morgan fingerprint density at radius 2 is 1.96 bits per heavy atom. The number of carbonyl (C=O) groups excluding carboxylic acids is 1. The zero-order chi connectivity index (χ0) is 17.0. The highest BCUT2D eigenvalue weighted by molar-refractivity contribution is 6.30. The van der Waals surface area contributed by atoms with Crippen LogP contribution in [0.1, 0.15) is 21.5 Å². The van der Waals surface area contributed by atoms with Gasteiger partial charge in [0.1, 0.15) is 5.75 Å². The second-order valence-electron chi connectivity index (χ2n) is 5.03. The van der Waals surface area contributed by atoms with Crippen molar-refractivity contribution in [1.82, 2.24) is 0 Å². The number of benzene rings is 2. The van der Waals surface area contributed by atoms with E-state index in [0.717, 1.165) is 5.56 Å². The van der Waals surface area contributed by atoms with Gasteiger partial charge in [-0.1, -0.05) is 17.7 Å². The zero-order valence-corrected chi connectivity index (χ0v) is 13.5. The predicted molar refractivity (Wildman–Crippen MR) is 88.5 cm³/mol. The molecule has 23 heavy (non-hydrogen) atoms. The van der Waals surface area contributed by atoms with Gasteiger partial charge in [-0.3, -0.25) is 4.79 Å². The van der Waals surface area contributed by atoms with Gasteiger partial charge in [-0.05, 0) is 55.3 Å². The number of rotatable bonds is 5. The lowest BCUT2D eigenvalue weighted by Crippen LogP contribution is -2.21. The molecular formula is C17H16ClNO4. The number of aromatic carboxylic acids is 1. The van der Waals surface area contributed by atoms with E-state index in [4.69, 9.17) is 21.4 Å². The molecule has 0 unspecified atom stereocenters. The highest BCUT2D eigenvalue weighted by Crippen LogP contribution is 2.22. The molecule has 2 aromatic carbocycles. The van der Waals surface area contributed by atoms with Crippen molar-refractivity contribution in [3.05, 3.63) is 58.1 Å². The van der Waals surface area contributed by atoms with Gasteiger partial charge in [-0.25, -0.2) is 4.79 Å². The number of aryl methyl sites for hydroxylation is 1. The van der Waals surface area contributed by atoms with Crippen molar-refractivity contribution in [2.24, 2.45) is 0 Å². The van der Waals surface area contributed by atoms with Crippen molar-refractivity contribution in [3.8, 4) is 5.75 Å². The minimum absolute atomic E-state index is 0.150. The van der Waals surface area contributed by atoms with E-state index in [9.17, 15) is 9.59 Å². The zero-order valence-electron chi connectivity index (χ0n) is 12.7. The molecule has 0 atom stereocenters.